The minimum absolute atomic E-state index is 0.126. The van der Waals surface area contributed by atoms with Gasteiger partial charge in [0.15, 0.2) is 11.2 Å². The first-order valence-electron chi connectivity index (χ1n) is 9.28. The predicted molar refractivity (Wildman–Crippen MR) is 109 cm³/mol. The van der Waals surface area contributed by atoms with Gasteiger partial charge in [0.2, 0.25) is 11.9 Å². The maximum atomic E-state index is 12.7. The number of hydrogen-bond donors (Lipinski definition) is 1. The summed E-state index contributed by atoms with van der Waals surface area (Å²) in [7, 11) is 2.93. The van der Waals surface area contributed by atoms with Gasteiger partial charge < -0.3 is 9.13 Å². The first kappa shape index (κ1) is 18.7. The normalized spacial score (nSPS) is 11.4. The summed E-state index contributed by atoms with van der Waals surface area (Å²) < 4.78 is 5.69. The van der Waals surface area contributed by atoms with Gasteiger partial charge in [-0.2, -0.15) is 0 Å². The molecule has 1 N–H and O–H groups in total. The summed E-state index contributed by atoms with van der Waals surface area (Å²) in [5.74, 6) is 0.121. The Morgan fingerprint density at radius 2 is 1.90 bits per heavy atom. The third kappa shape index (κ3) is 3.02. The number of amides is 1. The lowest BCUT2D eigenvalue weighted by Gasteiger charge is -2.10. The number of nitrogens with zero attached hydrogens (tertiary/aromatic N) is 6. The molecule has 1 amide bonds. The van der Waals surface area contributed by atoms with Gasteiger partial charge in [0.05, 0.1) is 17.4 Å². The quantitative estimate of drug-likeness (QED) is 0.538. The second-order valence-electron chi connectivity index (χ2n) is 6.87. The first-order valence-corrected chi connectivity index (χ1v) is 9.28. The Morgan fingerprint density at radius 1 is 1.14 bits per heavy atom. The summed E-state index contributed by atoms with van der Waals surface area (Å²) in [4.78, 5) is 45.9. The molecule has 10 heteroatoms. The smallest absolute Gasteiger partial charge is 0.315 e. The molecule has 0 atom stereocenters. The number of hydrogen-bond acceptors (Lipinski definition) is 5. The molecule has 0 aliphatic heterocycles. The monoisotopic (exact) mass is 395 g/mol. The van der Waals surface area contributed by atoms with Gasteiger partial charge >= 0.3 is 5.69 Å². The standard InChI is InChI=1S/C19H21N7O3/c1-4-9-26-13-8-6-5-7-12(13)21-18(26)22-14(27)10-25-11-20-16-15(25)17(28)24(3)19(29)23(16)2/h5-8,11H,4,9-10H2,1-3H3,(H,21,22,27). The summed E-state index contributed by atoms with van der Waals surface area (Å²) in [6.07, 6.45) is 2.28. The molecule has 3 aromatic heterocycles. The van der Waals surface area contributed by atoms with Gasteiger partial charge in [-0.25, -0.2) is 14.8 Å². The van der Waals surface area contributed by atoms with Crippen LogP contribution in [0.3, 0.4) is 0 Å². The van der Waals surface area contributed by atoms with E-state index >= 15 is 0 Å². The van der Waals surface area contributed by atoms with E-state index in [0.29, 0.717) is 12.5 Å². The molecule has 0 unspecified atom stereocenters. The molecule has 0 bridgehead atoms. The molecule has 10 nitrogen and oxygen atoms in total. The number of imidazole rings is 2. The summed E-state index contributed by atoms with van der Waals surface area (Å²) in [5.41, 5.74) is 1.22. The van der Waals surface area contributed by atoms with E-state index in [1.165, 1.54) is 29.6 Å². The van der Waals surface area contributed by atoms with Crippen LogP contribution in [0.4, 0.5) is 5.95 Å². The number of fused-ring (bicyclic) bond motifs is 2. The minimum atomic E-state index is -0.494. The number of nitrogens with one attached hydrogen (secondary N) is 1. The van der Waals surface area contributed by atoms with Gasteiger partial charge in [-0.15, -0.1) is 0 Å². The molecule has 29 heavy (non-hydrogen) atoms. The lowest BCUT2D eigenvalue weighted by Crippen LogP contribution is -2.37. The number of aromatic nitrogens is 6. The maximum Gasteiger partial charge on any atom is 0.332 e. The van der Waals surface area contributed by atoms with Crippen molar-refractivity contribution < 1.29 is 4.79 Å². The van der Waals surface area contributed by atoms with E-state index in [1.807, 2.05) is 28.8 Å². The molecular formula is C19H21N7O3. The third-order valence-electron chi connectivity index (χ3n) is 4.88. The van der Waals surface area contributed by atoms with Crippen LogP contribution >= 0.6 is 0 Å². The number of benzene rings is 1. The largest absolute Gasteiger partial charge is 0.332 e. The highest BCUT2D eigenvalue weighted by Crippen LogP contribution is 2.20. The molecule has 0 saturated carbocycles. The molecule has 4 aromatic rings. The van der Waals surface area contributed by atoms with E-state index in [0.717, 1.165) is 22.0 Å². The van der Waals surface area contributed by atoms with Crippen LogP contribution in [0.25, 0.3) is 22.2 Å². The lowest BCUT2D eigenvalue weighted by atomic mass is 10.3. The van der Waals surface area contributed by atoms with Crippen LogP contribution in [0.1, 0.15) is 13.3 Å². The number of para-hydroxylation sites is 2. The second-order valence-corrected chi connectivity index (χ2v) is 6.87. The summed E-state index contributed by atoms with van der Waals surface area (Å²) in [6, 6.07) is 7.68. The van der Waals surface area contributed by atoms with Gasteiger partial charge in [0.25, 0.3) is 5.56 Å². The Labute approximate surface area is 165 Å². The number of carbonyl (C=O) groups excluding carboxylic acids is 1. The maximum absolute atomic E-state index is 12.7. The zero-order valence-electron chi connectivity index (χ0n) is 16.4. The van der Waals surface area contributed by atoms with Crippen LogP contribution in [0, 0.1) is 0 Å². The van der Waals surface area contributed by atoms with Crippen LogP contribution in [0.2, 0.25) is 0 Å². The van der Waals surface area contributed by atoms with Crippen LogP contribution < -0.4 is 16.6 Å². The zero-order chi connectivity index (χ0) is 20.7. The van der Waals surface area contributed by atoms with E-state index in [9.17, 15) is 14.4 Å². The van der Waals surface area contributed by atoms with Crippen LogP contribution in [-0.2, 0) is 32.0 Å². The van der Waals surface area contributed by atoms with Crippen molar-refractivity contribution in [3.63, 3.8) is 0 Å². The predicted octanol–water partition coefficient (Wildman–Crippen LogP) is 0.832. The molecule has 1 aromatic carbocycles. The Morgan fingerprint density at radius 3 is 2.66 bits per heavy atom. The highest BCUT2D eigenvalue weighted by Gasteiger charge is 2.17. The van der Waals surface area contributed by atoms with E-state index in [-0.39, 0.29) is 23.6 Å². The van der Waals surface area contributed by atoms with E-state index in [1.54, 1.807) is 0 Å². The van der Waals surface area contributed by atoms with Crippen molar-refractivity contribution in [2.75, 3.05) is 5.32 Å². The fourth-order valence-electron chi connectivity index (χ4n) is 3.46. The number of aryl methyl sites for hydroxylation is 2. The van der Waals surface area contributed by atoms with Crippen molar-refractivity contribution in [3.05, 3.63) is 51.4 Å². The van der Waals surface area contributed by atoms with Gasteiger partial charge in [-0.1, -0.05) is 19.1 Å². The van der Waals surface area contributed by atoms with Crippen molar-refractivity contribution in [2.45, 2.75) is 26.4 Å². The highest BCUT2D eigenvalue weighted by molar-refractivity contribution is 5.92. The third-order valence-corrected chi connectivity index (χ3v) is 4.88. The van der Waals surface area contributed by atoms with Gasteiger partial charge in [0.1, 0.15) is 6.54 Å². The summed E-state index contributed by atoms with van der Waals surface area (Å²) in [6.45, 7) is 2.64. The second kappa shape index (κ2) is 7.04. The fraction of sp³-hybridized carbons (Fsp3) is 0.316. The SMILES string of the molecule is CCCn1c(NC(=O)Cn2cnc3c2c(=O)n(C)c(=O)n3C)nc2ccccc21. The molecule has 3 heterocycles. The molecule has 0 fully saturated rings. The molecule has 150 valence electrons. The number of rotatable bonds is 5. The van der Waals surface area contributed by atoms with Crippen LogP contribution in [-0.4, -0.2) is 34.1 Å². The fourth-order valence-corrected chi connectivity index (χ4v) is 3.46. The van der Waals surface area contributed by atoms with E-state index in [4.69, 9.17) is 0 Å². The van der Waals surface area contributed by atoms with Crippen molar-refractivity contribution in [2.24, 2.45) is 14.1 Å². The molecule has 0 radical (unpaired) electrons. The Hall–Kier alpha value is -3.69. The minimum Gasteiger partial charge on any atom is -0.315 e. The molecule has 0 saturated heterocycles. The number of carbonyl (C=O) groups is 1. The first-order chi connectivity index (χ1) is 13.9. The van der Waals surface area contributed by atoms with E-state index < -0.39 is 11.2 Å². The zero-order valence-corrected chi connectivity index (χ0v) is 16.4. The number of anilines is 1. The summed E-state index contributed by atoms with van der Waals surface area (Å²) >= 11 is 0. The van der Waals surface area contributed by atoms with Gasteiger partial charge in [-0.3, -0.25) is 24.0 Å². The van der Waals surface area contributed by atoms with Crippen molar-refractivity contribution >= 4 is 34.1 Å². The van der Waals surface area contributed by atoms with Gasteiger partial charge in [-0.05, 0) is 18.6 Å². The average Bonchev–Trinajstić information content (AvgIpc) is 3.27. The Bertz CT molecular complexity index is 1360. The molecule has 0 aliphatic rings. The molecule has 0 aliphatic carbocycles. The molecule has 4 rings (SSSR count). The molecular weight excluding hydrogens is 374 g/mol. The van der Waals surface area contributed by atoms with Crippen molar-refractivity contribution in [1.82, 2.24) is 28.2 Å². The molecule has 0 spiro atoms. The average molecular weight is 395 g/mol. The Kier molecular flexibility index (Phi) is 4.53. The topological polar surface area (TPSA) is 109 Å². The summed E-state index contributed by atoms with van der Waals surface area (Å²) in [5, 5.41) is 2.83. The van der Waals surface area contributed by atoms with Crippen molar-refractivity contribution in [1.29, 1.82) is 0 Å². The van der Waals surface area contributed by atoms with Crippen LogP contribution in [0.15, 0.2) is 40.2 Å². The van der Waals surface area contributed by atoms with Gasteiger partial charge in [0, 0.05) is 20.6 Å². The van der Waals surface area contributed by atoms with Crippen LogP contribution in [0.5, 0.6) is 0 Å². The Balaban J connectivity index is 1.68. The van der Waals surface area contributed by atoms with E-state index in [2.05, 4.69) is 22.2 Å². The van der Waals surface area contributed by atoms with Crippen molar-refractivity contribution in [3.8, 4) is 0 Å². The lowest BCUT2D eigenvalue weighted by molar-refractivity contribution is -0.116. The highest BCUT2D eigenvalue weighted by atomic mass is 16.2.